The van der Waals surface area contributed by atoms with Gasteiger partial charge in [-0.15, -0.1) is 0 Å². The second-order valence-corrected chi connectivity index (χ2v) is 0.948. The first kappa shape index (κ1) is 4.74. The van der Waals surface area contributed by atoms with Gasteiger partial charge in [0.1, 0.15) is 0 Å². The van der Waals surface area contributed by atoms with E-state index in [2.05, 4.69) is 6.92 Å². The molecular weight excluding hydrogens is 60.1 g/mol. The lowest BCUT2D eigenvalue weighted by atomic mass is 10.3. The van der Waals surface area contributed by atoms with Crippen LogP contribution in [-0.4, -0.2) is 0 Å². The maximum absolute atomic E-state index is 5.09. The molecule has 0 aromatic heterocycles. The third-order valence-corrected chi connectivity index (χ3v) is 0.322. The van der Waals surface area contributed by atoms with E-state index in [0.29, 0.717) is 0 Å². The summed E-state index contributed by atoms with van der Waals surface area (Å²) >= 11 is 0. The largest absolute Gasteiger partial charge is 0.0850 e. The molecule has 0 rings (SSSR count). The van der Waals surface area contributed by atoms with Gasteiger partial charge in [0.15, 0.2) is 0 Å². The quantitative estimate of drug-likeness (QED) is 0.402. The van der Waals surface area contributed by atoms with Crippen LogP contribution in [0, 0.1) is 13.8 Å². The molecule has 3 radical (unpaired) electrons. The molecule has 0 amide bonds. The highest BCUT2D eigenvalue weighted by atomic mass is 13.7. The van der Waals surface area contributed by atoms with Gasteiger partial charge < -0.3 is 0 Å². The summed E-state index contributed by atoms with van der Waals surface area (Å²) in [6.45, 7) is 10.3. The number of hydrogen-bond donors (Lipinski definition) is 0. The van der Waals surface area contributed by atoms with E-state index in [0.717, 1.165) is 5.57 Å². The fraction of sp³-hybridized carbons (Fsp3) is 0.200. The first-order valence-electron chi connectivity index (χ1n) is 1.49. The van der Waals surface area contributed by atoms with E-state index < -0.39 is 0 Å². The smallest absolute Gasteiger partial charge is 0.00630 e. The van der Waals surface area contributed by atoms with Crippen LogP contribution in [0.15, 0.2) is 11.6 Å². The fourth-order valence-electron chi connectivity index (χ4n) is 0. The molecule has 0 N–H and O–H groups in total. The Morgan fingerprint density at radius 1 is 2.00 bits per heavy atom. The molecule has 0 aliphatic rings. The van der Waals surface area contributed by atoms with Crippen LogP contribution in [0.4, 0.5) is 0 Å². The van der Waals surface area contributed by atoms with Crippen molar-refractivity contribution >= 4 is 0 Å². The Bertz CT molecular complexity index is 38.0. The van der Waals surface area contributed by atoms with Crippen molar-refractivity contribution in [3.8, 4) is 0 Å². The van der Waals surface area contributed by atoms with Gasteiger partial charge in [0.25, 0.3) is 0 Å². The molecule has 0 heterocycles. The predicted octanol–water partition coefficient (Wildman–Crippen LogP) is 1.48. The molecule has 0 atom stereocenters. The topological polar surface area (TPSA) is 0 Å². The lowest BCUT2D eigenvalue weighted by Crippen LogP contribution is -1.53. The van der Waals surface area contributed by atoms with E-state index in [1.165, 1.54) is 0 Å². The maximum Gasteiger partial charge on any atom is -0.00630 e. The van der Waals surface area contributed by atoms with Crippen LogP contribution in [0.2, 0.25) is 0 Å². The standard InChI is InChI=1S/C5H7/c1-4-5(2)3/h2,4H,1H2,3H3. The van der Waals surface area contributed by atoms with Gasteiger partial charge in [-0.2, -0.15) is 0 Å². The second kappa shape index (κ2) is 2.01. The zero-order valence-electron chi connectivity index (χ0n) is 3.36. The van der Waals surface area contributed by atoms with Crippen LogP contribution in [0.5, 0.6) is 0 Å². The third kappa shape index (κ3) is 3.74. The van der Waals surface area contributed by atoms with Crippen LogP contribution in [0.25, 0.3) is 0 Å². The molecule has 0 aromatic rings. The summed E-state index contributed by atoms with van der Waals surface area (Å²) in [5.41, 5.74) is 0.769. The van der Waals surface area contributed by atoms with Crippen LogP contribution in [0.3, 0.4) is 0 Å². The van der Waals surface area contributed by atoms with Gasteiger partial charge in [0.2, 0.25) is 0 Å². The van der Waals surface area contributed by atoms with Crippen molar-refractivity contribution < 1.29 is 0 Å². The minimum atomic E-state index is 0.769. The molecule has 0 nitrogen and oxygen atoms in total. The molecule has 5 heavy (non-hydrogen) atoms. The molecule has 0 saturated carbocycles. The Morgan fingerprint density at radius 2 is 2.20 bits per heavy atom. The summed E-state index contributed by atoms with van der Waals surface area (Å²) in [5, 5.41) is 0. The second-order valence-electron chi connectivity index (χ2n) is 0.948. The molecular formula is C5H7. The monoisotopic (exact) mass is 67.1 g/mol. The summed E-state index contributed by atoms with van der Waals surface area (Å²) in [6.07, 6.45) is 1.61. The predicted molar refractivity (Wildman–Crippen MR) is 23.4 cm³/mol. The van der Waals surface area contributed by atoms with Crippen LogP contribution in [-0.2, 0) is 0 Å². The molecule has 27 valence electrons. The lowest BCUT2D eigenvalue weighted by Gasteiger charge is -1.72. The first-order chi connectivity index (χ1) is 2.27. The van der Waals surface area contributed by atoms with Gasteiger partial charge in [-0.25, -0.2) is 0 Å². The summed E-state index contributed by atoms with van der Waals surface area (Å²) in [4.78, 5) is 0. The molecule has 0 spiro atoms. The maximum atomic E-state index is 5.09. The van der Waals surface area contributed by atoms with Gasteiger partial charge in [-0.3, -0.25) is 0 Å². The van der Waals surface area contributed by atoms with Crippen LogP contribution < -0.4 is 0 Å². The van der Waals surface area contributed by atoms with Crippen molar-refractivity contribution in [2.75, 3.05) is 0 Å². The van der Waals surface area contributed by atoms with Crippen molar-refractivity contribution in [2.24, 2.45) is 0 Å². The van der Waals surface area contributed by atoms with E-state index in [1.54, 1.807) is 13.0 Å². The third-order valence-electron chi connectivity index (χ3n) is 0.322. The fourth-order valence-corrected chi connectivity index (χ4v) is 0. The Labute approximate surface area is 33.5 Å². The van der Waals surface area contributed by atoms with Gasteiger partial charge in [0, 0.05) is 0 Å². The normalized spacial score (nSPS) is 12.2. The highest BCUT2D eigenvalue weighted by molar-refractivity contribution is 5.01. The molecule has 0 bridgehead atoms. The summed E-state index contributed by atoms with van der Waals surface area (Å²) in [7, 11) is 0. The van der Waals surface area contributed by atoms with Crippen LogP contribution >= 0.6 is 0 Å². The van der Waals surface area contributed by atoms with E-state index >= 15 is 0 Å². The average Bonchev–Trinajstić information content (AvgIpc) is 1.38. The number of rotatable bonds is 0. The van der Waals surface area contributed by atoms with E-state index in [9.17, 15) is 0 Å². The van der Waals surface area contributed by atoms with E-state index in [-0.39, 0.29) is 0 Å². The minimum absolute atomic E-state index is 0.769. The van der Waals surface area contributed by atoms with Crippen molar-refractivity contribution in [1.29, 1.82) is 0 Å². The Morgan fingerprint density at radius 3 is 2.20 bits per heavy atom. The summed E-state index contributed by atoms with van der Waals surface area (Å²) in [6, 6.07) is 0. The Hall–Kier alpha value is -0.260. The Kier molecular flexibility index (Phi) is 1.90. The summed E-state index contributed by atoms with van der Waals surface area (Å²) in [5.74, 6) is 0. The number of hydrogen-bond acceptors (Lipinski definition) is 0. The van der Waals surface area contributed by atoms with Gasteiger partial charge in [0.05, 0.1) is 0 Å². The van der Waals surface area contributed by atoms with Gasteiger partial charge >= 0.3 is 0 Å². The highest BCUT2D eigenvalue weighted by Gasteiger charge is 1.61. The zero-order chi connectivity index (χ0) is 4.28. The number of allylic oxidation sites excluding steroid dienone is 2. The minimum Gasteiger partial charge on any atom is -0.0850 e. The zero-order valence-corrected chi connectivity index (χ0v) is 3.36. The molecule has 0 fully saturated rings. The van der Waals surface area contributed by atoms with Crippen molar-refractivity contribution in [3.63, 3.8) is 0 Å². The van der Waals surface area contributed by atoms with Gasteiger partial charge in [-0.1, -0.05) is 11.6 Å². The van der Waals surface area contributed by atoms with E-state index in [4.69, 9.17) is 6.92 Å². The first-order valence-corrected chi connectivity index (χ1v) is 1.49. The molecule has 0 unspecified atom stereocenters. The SMILES string of the molecule is [CH]C(C)=C[CH2]. The van der Waals surface area contributed by atoms with Crippen LogP contribution in [0.1, 0.15) is 6.92 Å². The Balaban J connectivity index is 3.14. The van der Waals surface area contributed by atoms with Crippen molar-refractivity contribution in [3.05, 3.63) is 25.5 Å². The average molecular weight is 67.1 g/mol. The molecule has 0 saturated heterocycles. The lowest BCUT2D eigenvalue weighted by molar-refractivity contribution is 1.54. The molecule has 0 aliphatic heterocycles. The highest BCUT2D eigenvalue weighted by Crippen LogP contribution is 1.81. The van der Waals surface area contributed by atoms with Crippen molar-refractivity contribution in [2.45, 2.75) is 6.92 Å². The molecule has 0 aromatic carbocycles. The van der Waals surface area contributed by atoms with Gasteiger partial charge in [-0.05, 0) is 20.8 Å². The van der Waals surface area contributed by atoms with E-state index in [1.807, 2.05) is 0 Å². The summed E-state index contributed by atoms with van der Waals surface area (Å²) < 4.78 is 0. The molecule has 0 heteroatoms. The van der Waals surface area contributed by atoms with Crippen molar-refractivity contribution in [1.82, 2.24) is 0 Å². The molecule has 0 aliphatic carbocycles.